The van der Waals surface area contributed by atoms with Gasteiger partial charge in [-0.2, -0.15) is 0 Å². The van der Waals surface area contributed by atoms with Crippen molar-refractivity contribution in [3.8, 4) is 11.5 Å². The molecule has 0 atom stereocenters. The van der Waals surface area contributed by atoms with Crippen molar-refractivity contribution in [2.24, 2.45) is 0 Å². The molecule has 1 aliphatic rings. The van der Waals surface area contributed by atoms with E-state index in [1.54, 1.807) is 29.0 Å². The molecule has 2 amide bonds. The first kappa shape index (κ1) is 21.7. The number of aryl methyl sites for hydroxylation is 2. The molecule has 0 spiro atoms. The first-order chi connectivity index (χ1) is 14.4. The molecular weight excluding hydrogens is 380 g/mol. The zero-order chi connectivity index (χ0) is 21.7. The molecule has 1 heterocycles. The van der Waals surface area contributed by atoms with Gasteiger partial charge in [0.25, 0.3) is 11.8 Å². The van der Waals surface area contributed by atoms with E-state index in [-0.39, 0.29) is 18.4 Å². The zero-order valence-electron chi connectivity index (χ0n) is 18.2. The minimum atomic E-state index is -0.0500. The highest BCUT2D eigenvalue weighted by Crippen LogP contribution is 2.25. The molecule has 0 unspecified atom stereocenters. The minimum Gasteiger partial charge on any atom is -0.497 e. The largest absolute Gasteiger partial charge is 0.497 e. The third-order valence-corrected chi connectivity index (χ3v) is 5.67. The molecule has 160 valence electrons. The van der Waals surface area contributed by atoms with E-state index in [1.807, 2.05) is 39.0 Å². The molecular formula is C24H30N2O4. The summed E-state index contributed by atoms with van der Waals surface area (Å²) in [5.74, 6) is 1.36. The Morgan fingerprint density at radius 1 is 0.933 bits per heavy atom. The molecule has 1 fully saturated rings. The molecule has 0 aliphatic carbocycles. The highest BCUT2D eigenvalue weighted by atomic mass is 16.5. The summed E-state index contributed by atoms with van der Waals surface area (Å²) in [7, 11) is 1.58. The van der Waals surface area contributed by atoms with Gasteiger partial charge >= 0.3 is 0 Å². The lowest BCUT2D eigenvalue weighted by atomic mass is 10.1. The average Bonchev–Trinajstić information content (AvgIpc) is 3.02. The summed E-state index contributed by atoms with van der Waals surface area (Å²) in [5, 5.41) is 0. The Morgan fingerprint density at radius 2 is 1.63 bits per heavy atom. The van der Waals surface area contributed by atoms with Gasteiger partial charge in [-0.1, -0.05) is 18.2 Å². The van der Waals surface area contributed by atoms with Crippen LogP contribution in [0.5, 0.6) is 11.5 Å². The van der Waals surface area contributed by atoms with E-state index in [4.69, 9.17) is 9.47 Å². The van der Waals surface area contributed by atoms with Gasteiger partial charge in [0.05, 0.1) is 7.11 Å². The van der Waals surface area contributed by atoms with Crippen molar-refractivity contribution >= 4 is 11.8 Å². The van der Waals surface area contributed by atoms with Crippen molar-refractivity contribution in [2.75, 3.05) is 39.9 Å². The molecule has 30 heavy (non-hydrogen) atoms. The summed E-state index contributed by atoms with van der Waals surface area (Å²) in [5.41, 5.74) is 3.83. The predicted octanol–water partition coefficient (Wildman–Crippen LogP) is 3.37. The van der Waals surface area contributed by atoms with Crippen LogP contribution in [-0.2, 0) is 4.79 Å². The van der Waals surface area contributed by atoms with Gasteiger partial charge in [-0.3, -0.25) is 9.59 Å². The van der Waals surface area contributed by atoms with Gasteiger partial charge in [-0.25, -0.2) is 0 Å². The van der Waals surface area contributed by atoms with Crippen molar-refractivity contribution < 1.29 is 19.1 Å². The van der Waals surface area contributed by atoms with E-state index in [9.17, 15) is 9.59 Å². The van der Waals surface area contributed by atoms with Gasteiger partial charge in [-0.15, -0.1) is 0 Å². The second-order valence-electron chi connectivity index (χ2n) is 7.70. The molecule has 0 aromatic heterocycles. The van der Waals surface area contributed by atoms with Gasteiger partial charge in [0.1, 0.15) is 11.5 Å². The number of ether oxygens (including phenoxy) is 2. The van der Waals surface area contributed by atoms with Crippen LogP contribution in [0.1, 0.15) is 33.5 Å². The molecule has 1 saturated heterocycles. The summed E-state index contributed by atoms with van der Waals surface area (Å²) in [4.78, 5) is 29.2. The van der Waals surface area contributed by atoms with Crippen molar-refractivity contribution in [1.82, 2.24) is 9.80 Å². The lowest BCUT2D eigenvalue weighted by Gasteiger charge is -2.23. The predicted molar refractivity (Wildman–Crippen MR) is 116 cm³/mol. The van der Waals surface area contributed by atoms with Crippen LogP contribution in [0, 0.1) is 20.8 Å². The average molecular weight is 411 g/mol. The minimum absolute atomic E-state index is 0.00889. The molecule has 0 radical (unpaired) electrons. The van der Waals surface area contributed by atoms with Crippen LogP contribution in [0.3, 0.4) is 0 Å². The third kappa shape index (κ3) is 4.93. The van der Waals surface area contributed by atoms with Crippen molar-refractivity contribution in [2.45, 2.75) is 27.2 Å². The molecule has 0 saturated carbocycles. The highest BCUT2D eigenvalue weighted by molar-refractivity contribution is 5.94. The van der Waals surface area contributed by atoms with Gasteiger partial charge < -0.3 is 19.3 Å². The third-order valence-electron chi connectivity index (χ3n) is 5.67. The molecule has 1 aliphatic heterocycles. The van der Waals surface area contributed by atoms with Crippen LogP contribution in [-0.4, -0.2) is 61.5 Å². The molecule has 2 aromatic carbocycles. The van der Waals surface area contributed by atoms with Crippen LogP contribution in [0.2, 0.25) is 0 Å². The highest BCUT2D eigenvalue weighted by Gasteiger charge is 2.23. The Morgan fingerprint density at radius 3 is 2.40 bits per heavy atom. The van der Waals surface area contributed by atoms with E-state index < -0.39 is 0 Å². The normalized spacial score (nSPS) is 14.3. The van der Waals surface area contributed by atoms with Crippen molar-refractivity contribution in [3.63, 3.8) is 0 Å². The van der Waals surface area contributed by atoms with Crippen molar-refractivity contribution in [1.29, 1.82) is 0 Å². The van der Waals surface area contributed by atoms with Crippen LogP contribution >= 0.6 is 0 Å². The number of amides is 2. The summed E-state index contributed by atoms with van der Waals surface area (Å²) in [6, 6.07) is 11.2. The summed E-state index contributed by atoms with van der Waals surface area (Å²) >= 11 is 0. The number of methoxy groups -OCH3 is 1. The molecule has 2 aromatic rings. The SMILES string of the molecule is COc1cccc(C(=O)N2CCCN(C(=O)COc3c(C)ccc(C)c3C)CC2)c1. The Kier molecular flexibility index (Phi) is 6.98. The Bertz CT molecular complexity index is 925. The number of hydrogen-bond acceptors (Lipinski definition) is 4. The number of nitrogens with zero attached hydrogens (tertiary/aromatic N) is 2. The van der Waals surface area contributed by atoms with E-state index in [2.05, 4.69) is 6.07 Å². The Labute approximate surface area is 178 Å². The smallest absolute Gasteiger partial charge is 0.260 e. The van der Waals surface area contributed by atoms with E-state index in [0.717, 1.165) is 28.9 Å². The lowest BCUT2D eigenvalue weighted by Crippen LogP contribution is -2.39. The zero-order valence-corrected chi connectivity index (χ0v) is 18.2. The fourth-order valence-electron chi connectivity index (χ4n) is 3.68. The van der Waals surface area contributed by atoms with Crippen LogP contribution in [0.25, 0.3) is 0 Å². The van der Waals surface area contributed by atoms with Gasteiger partial charge in [0.2, 0.25) is 0 Å². The number of rotatable bonds is 5. The second-order valence-corrected chi connectivity index (χ2v) is 7.70. The summed E-state index contributed by atoms with van der Waals surface area (Å²) in [6.45, 7) is 8.29. The van der Waals surface area contributed by atoms with Crippen LogP contribution in [0.4, 0.5) is 0 Å². The maximum atomic E-state index is 12.9. The van der Waals surface area contributed by atoms with Gasteiger partial charge in [0, 0.05) is 31.7 Å². The fraction of sp³-hybridized carbons (Fsp3) is 0.417. The first-order valence-electron chi connectivity index (χ1n) is 10.3. The summed E-state index contributed by atoms with van der Waals surface area (Å²) in [6.07, 6.45) is 0.740. The molecule has 3 rings (SSSR count). The maximum Gasteiger partial charge on any atom is 0.260 e. The number of hydrogen-bond donors (Lipinski definition) is 0. The number of carbonyl (C=O) groups is 2. The van der Waals surface area contributed by atoms with Gasteiger partial charge in [0.15, 0.2) is 6.61 Å². The van der Waals surface area contributed by atoms with Crippen LogP contribution in [0.15, 0.2) is 36.4 Å². The quantitative estimate of drug-likeness (QED) is 0.758. The molecule has 0 N–H and O–H groups in total. The summed E-state index contributed by atoms with van der Waals surface area (Å²) < 4.78 is 11.1. The maximum absolute atomic E-state index is 12.9. The topological polar surface area (TPSA) is 59.1 Å². The molecule has 0 bridgehead atoms. The Balaban J connectivity index is 1.59. The Hall–Kier alpha value is -3.02. The molecule has 6 nitrogen and oxygen atoms in total. The van der Waals surface area contributed by atoms with Gasteiger partial charge in [-0.05, 0) is 62.1 Å². The fourth-order valence-corrected chi connectivity index (χ4v) is 3.68. The first-order valence-corrected chi connectivity index (χ1v) is 10.3. The van der Waals surface area contributed by atoms with Crippen molar-refractivity contribution in [3.05, 3.63) is 58.7 Å². The van der Waals surface area contributed by atoms with Crippen LogP contribution < -0.4 is 9.47 Å². The monoisotopic (exact) mass is 410 g/mol. The number of carbonyl (C=O) groups excluding carboxylic acids is 2. The standard InChI is InChI=1S/C24H30N2O4/c1-17-9-10-18(2)23(19(17)3)30-16-22(27)25-11-6-12-26(14-13-25)24(28)20-7-5-8-21(15-20)29-4/h5,7-10,15H,6,11-14,16H2,1-4H3. The van der Waals surface area contributed by atoms with E-state index in [0.29, 0.717) is 37.5 Å². The lowest BCUT2D eigenvalue weighted by molar-refractivity contribution is -0.133. The van der Waals surface area contributed by atoms with E-state index in [1.165, 1.54) is 0 Å². The second kappa shape index (κ2) is 9.65. The molecule has 6 heteroatoms. The van der Waals surface area contributed by atoms with E-state index >= 15 is 0 Å². The number of benzene rings is 2.